The molecular weight excluding hydrogens is 376 g/mol. The minimum absolute atomic E-state index is 0.115. The molecule has 3 heterocycles. The number of aromatic nitrogens is 1. The van der Waals surface area contributed by atoms with Gasteiger partial charge in [-0.15, -0.1) is 11.3 Å². The molecule has 3 rings (SSSR count). The van der Waals surface area contributed by atoms with Gasteiger partial charge < -0.3 is 9.64 Å². The molecular formula is C16H26N4O4S2. The van der Waals surface area contributed by atoms with Gasteiger partial charge >= 0.3 is 0 Å². The Bertz CT molecular complexity index is 689. The quantitative estimate of drug-likeness (QED) is 0.654. The van der Waals surface area contributed by atoms with Crippen molar-refractivity contribution in [3.63, 3.8) is 0 Å². The molecule has 8 nitrogen and oxygen atoms in total. The van der Waals surface area contributed by atoms with Crippen molar-refractivity contribution in [2.24, 2.45) is 0 Å². The molecule has 2 fully saturated rings. The van der Waals surface area contributed by atoms with Gasteiger partial charge in [0.15, 0.2) is 0 Å². The number of sulfonamides is 1. The molecule has 1 aromatic heterocycles. The van der Waals surface area contributed by atoms with Gasteiger partial charge in [-0.1, -0.05) is 0 Å². The molecule has 2 aliphatic rings. The Kier molecular flexibility index (Phi) is 6.62. The van der Waals surface area contributed by atoms with Crippen LogP contribution in [0.5, 0.6) is 0 Å². The van der Waals surface area contributed by atoms with Crippen LogP contribution in [-0.2, 0) is 14.8 Å². The number of amides is 1. The normalized spacial score (nSPS) is 22.2. The van der Waals surface area contributed by atoms with Crippen molar-refractivity contribution in [1.82, 2.24) is 19.1 Å². The van der Waals surface area contributed by atoms with E-state index < -0.39 is 10.0 Å². The number of nitrogens with zero attached hydrogens (tertiary/aromatic N) is 4. The van der Waals surface area contributed by atoms with E-state index in [9.17, 15) is 13.2 Å². The van der Waals surface area contributed by atoms with E-state index in [0.717, 1.165) is 39.3 Å². The van der Waals surface area contributed by atoms with Gasteiger partial charge in [-0.25, -0.2) is 13.4 Å². The third kappa shape index (κ3) is 5.01. The van der Waals surface area contributed by atoms with E-state index in [-0.39, 0.29) is 11.9 Å². The molecule has 1 unspecified atom stereocenters. The van der Waals surface area contributed by atoms with Crippen molar-refractivity contribution in [2.75, 3.05) is 58.7 Å². The summed E-state index contributed by atoms with van der Waals surface area (Å²) in [6, 6.07) is -0.155. The molecule has 0 aliphatic carbocycles. The number of likely N-dealkylation sites (tertiary alicyclic amines) is 1. The molecule has 1 aromatic rings. The first-order valence-corrected chi connectivity index (χ1v) is 11.7. The van der Waals surface area contributed by atoms with Crippen molar-refractivity contribution in [2.45, 2.75) is 18.9 Å². The third-order valence-electron chi connectivity index (χ3n) is 4.89. The van der Waals surface area contributed by atoms with E-state index in [1.165, 1.54) is 17.6 Å². The lowest BCUT2D eigenvalue weighted by Crippen LogP contribution is -2.44. The minimum atomic E-state index is -3.32. The second kappa shape index (κ2) is 8.75. The van der Waals surface area contributed by atoms with Gasteiger partial charge in [-0.05, 0) is 19.4 Å². The van der Waals surface area contributed by atoms with Crippen molar-refractivity contribution >= 4 is 27.3 Å². The van der Waals surface area contributed by atoms with Gasteiger partial charge in [-0.3, -0.25) is 9.69 Å². The van der Waals surface area contributed by atoms with Crippen LogP contribution in [-0.4, -0.2) is 98.2 Å². The summed E-state index contributed by atoms with van der Waals surface area (Å²) in [5.41, 5.74) is 2.07. The molecule has 0 N–H and O–H groups in total. The summed E-state index contributed by atoms with van der Waals surface area (Å²) in [6.07, 6.45) is 2.71. The lowest BCUT2D eigenvalue weighted by molar-refractivity contribution is 0.0366. The number of hydrogen-bond acceptors (Lipinski definition) is 7. The fourth-order valence-corrected chi connectivity index (χ4v) is 5.24. The van der Waals surface area contributed by atoms with Crippen molar-refractivity contribution < 1.29 is 17.9 Å². The Morgan fingerprint density at radius 2 is 2.15 bits per heavy atom. The maximum absolute atomic E-state index is 12.4. The maximum Gasteiger partial charge on any atom is 0.273 e. The molecule has 0 saturated carbocycles. The lowest BCUT2D eigenvalue weighted by Gasteiger charge is -2.29. The SMILES string of the molecule is CS(=O)(=O)N(CCCN1CCOCC1)C1CCN(C(=O)c2cscn2)C1. The number of hydrogen-bond donors (Lipinski definition) is 0. The highest BCUT2D eigenvalue weighted by atomic mass is 32.2. The number of morpholine rings is 1. The van der Waals surface area contributed by atoms with Gasteiger partial charge in [0, 0.05) is 44.1 Å². The van der Waals surface area contributed by atoms with Crippen molar-refractivity contribution in [3.05, 3.63) is 16.6 Å². The zero-order chi connectivity index (χ0) is 18.6. The van der Waals surface area contributed by atoms with Gasteiger partial charge in [0.25, 0.3) is 5.91 Å². The summed E-state index contributed by atoms with van der Waals surface area (Å²) in [7, 11) is -3.32. The first-order valence-electron chi connectivity index (χ1n) is 8.89. The Balaban J connectivity index is 1.55. The third-order valence-corrected chi connectivity index (χ3v) is 6.81. The minimum Gasteiger partial charge on any atom is -0.379 e. The summed E-state index contributed by atoms with van der Waals surface area (Å²) >= 11 is 1.38. The summed E-state index contributed by atoms with van der Waals surface area (Å²) in [4.78, 5) is 20.5. The average Bonchev–Trinajstić information content (AvgIpc) is 3.30. The van der Waals surface area contributed by atoms with Crippen LogP contribution in [0.15, 0.2) is 10.9 Å². The predicted octanol–water partition coefficient (Wildman–Crippen LogP) is 0.342. The Morgan fingerprint density at radius 3 is 2.81 bits per heavy atom. The van der Waals surface area contributed by atoms with Crippen LogP contribution in [0.4, 0.5) is 0 Å². The molecule has 2 aliphatic heterocycles. The Hall–Kier alpha value is -1.07. The van der Waals surface area contributed by atoms with Gasteiger partial charge in [0.2, 0.25) is 10.0 Å². The topological polar surface area (TPSA) is 83.1 Å². The highest BCUT2D eigenvalue weighted by Crippen LogP contribution is 2.21. The van der Waals surface area contributed by atoms with E-state index in [1.807, 2.05) is 0 Å². The highest BCUT2D eigenvalue weighted by molar-refractivity contribution is 7.88. The first kappa shape index (κ1) is 19.7. The van der Waals surface area contributed by atoms with Crippen LogP contribution in [0.25, 0.3) is 0 Å². The molecule has 10 heteroatoms. The Labute approximate surface area is 158 Å². The summed E-state index contributed by atoms with van der Waals surface area (Å²) in [6.45, 7) is 5.63. The Morgan fingerprint density at radius 1 is 1.38 bits per heavy atom. The predicted molar refractivity (Wildman–Crippen MR) is 99.8 cm³/mol. The number of thiazole rings is 1. The average molecular weight is 403 g/mol. The van der Waals surface area contributed by atoms with Gasteiger partial charge in [0.1, 0.15) is 5.69 Å². The molecule has 0 radical (unpaired) electrons. The zero-order valence-electron chi connectivity index (χ0n) is 15.0. The molecule has 146 valence electrons. The van der Waals surface area contributed by atoms with Crippen LogP contribution >= 0.6 is 11.3 Å². The van der Waals surface area contributed by atoms with Crippen LogP contribution in [0.3, 0.4) is 0 Å². The lowest BCUT2D eigenvalue weighted by atomic mass is 10.2. The van der Waals surface area contributed by atoms with Crippen molar-refractivity contribution in [1.29, 1.82) is 0 Å². The smallest absolute Gasteiger partial charge is 0.273 e. The van der Waals surface area contributed by atoms with Gasteiger partial charge in [-0.2, -0.15) is 4.31 Å². The van der Waals surface area contributed by atoms with E-state index in [0.29, 0.717) is 31.7 Å². The van der Waals surface area contributed by atoms with E-state index in [2.05, 4.69) is 9.88 Å². The summed E-state index contributed by atoms with van der Waals surface area (Å²) in [5.74, 6) is -0.115. The van der Waals surface area contributed by atoms with E-state index in [1.54, 1.807) is 20.1 Å². The maximum atomic E-state index is 12.4. The first-order chi connectivity index (χ1) is 12.4. The monoisotopic (exact) mass is 402 g/mol. The number of rotatable bonds is 7. The second-order valence-corrected chi connectivity index (χ2v) is 9.40. The summed E-state index contributed by atoms with van der Waals surface area (Å²) < 4.78 is 31.5. The van der Waals surface area contributed by atoms with Crippen molar-refractivity contribution in [3.8, 4) is 0 Å². The fraction of sp³-hybridized carbons (Fsp3) is 0.750. The van der Waals surface area contributed by atoms with Crippen LogP contribution in [0.1, 0.15) is 23.3 Å². The highest BCUT2D eigenvalue weighted by Gasteiger charge is 2.35. The van der Waals surface area contributed by atoms with Crippen LogP contribution in [0, 0.1) is 0 Å². The molecule has 26 heavy (non-hydrogen) atoms. The number of carbonyl (C=O) groups is 1. The zero-order valence-corrected chi connectivity index (χ0v) is 16.7. The fourth-order valence-electron chi connectivity index (χ4n) is 3.54. The largest absolute Gasteiger partial charge is 0.379 e. The molecule has 1 amide bonds. The number of ether oxygens (including phenoxy) is 1. The molecule has 0 bridgehead atoms. The summed E-state index contributed by atoms with van der Waals surface area (Å²) in [5, 5.41) is 1.73. The van der Waals surface area contributed by atoms with E-state index >= 15 is 0 Å². The molecule has 2 saturated heterocycles. The molecule has 1 atom stereocenters. The molecule has 0 spiro atoms. The van der Waals surface area contributed by atoms with Crippen LogP contribution < -0.4 is 0 Å². The standard InChI is InChI=1S/C16H26N4O4S2/c1-26(22,23)20(5-2-4-18-7-9-24-10-8-18)14-3-6-19(11-14)16(21)15-12-25-13-17-15/h12-14H,2-11H2,1H3. The molecule has 0 aromatic carbocycles. The second-order valence-electron chi connectivity index (χ2n) is 6.75. The number of carbonyl (C=O) groups excluding carboxylic acids is 1. The van der Waals surface area contributed by atoms with Crippen LogP contribution in [0.2, 0.25) is 0 Å². The van der Waals surface area contributed by atoms with Gasteiger partial charge in [0.05, 0.1) is 25.0 Å². The van der Waals surface area contributed by atoms with E-state index in [4.69, 9.17) is 4.74 Å².